The predicted molar refractivity (Wildman–Crippen MR) is 117 cm³/mol. The summed E-state index contributed by atoms with van der Waals surface area (Å²) in [7, 11) is 0. The van der Waals surface area contributed by atoms with E-state index in [2.05, 4.69) is 16.0 Å². The van der Waals surface area contributed by atoms with Crippen LogP contribution in [-0.2, 0) is 4.79 Å². The van der Waals surface area contributed by atoms with Gasteiger partial charge >= 0.3 is 0 Å². The normalized spacial score (nSPS) is 13.8. The molecule has 0 unspecified atom stereocenters. The quantitative estimate of drug-likeness (QED) is 0.645. The number of hydrogen-bond acceptors (Lipinski definition) is 3. The van der Waals surface area contributed by atoms with Crippen molar-refractivity contribution in [2.75, 3.05) is 10.6 Å². The molecular weight excluding hydrogens is 370 g/mol. The summed E-state index contributed by atoms with van der Waals surface area (Å²) >= 11 is 5.22. The number of amides is 2. The van der Waals surface area contributed by atoms with Gasteiger partial charge in [0.1, 0.15) is 0 Å². The molecule has 2 aromatic rings. The predicted octanol–water partition coefficient (Wildman–Crippen LogP) is 4.64. The van der Waals surface area contributed by atoms with Crippen LogP contribution in [0.2, 0.25) is 0 Å². The van der Waals surface area contributed by atoms with Gasteiger partial charge in [-0.15, -0.1) is 0 Å². The van der Waals surface area contributed by atoms with E-state index >= 15 is 0 Å². The average Bonchev–Trinajstić information content (AvgIpc) is 3.16. The zero-order chi connectivity index (χ0) is 19.9. The van der Waals surface area contributed by atoms with Crippen molar-refractivity contribution >= 4 is 40.5 Å². The van der Waals surface area contributed by atoms with Gasteiger partial charge in [0.15, 0.2) is 5.11 Å². The maximum atomic E-state index is 12.3. The molecule has 2 aromatic carbocycles. The van der Waals surface area contributed by atoms with Crippen LogP contribution in [-0.4, -0.2) is 16.9 Å². The molecule has 1 aliphatic rings. The Balaban J connectivity index is 1.49. The van der Waals surface area contributed by atoms with Crippen LogP contribution in [0.4, 0.5) is 11.4 Å². The molecule has 1 fully saturated rings. The maximum absolute atomic E-state index is 12.3. The fourth-order valence-electron chi connectivity index (χ4n) is 3.44. The van der Waals surface area contributed by atoms with E-state index in [0.717, 1.165) is 24.1 Å². The highest BCUT2D eigenvalue weighted by molar-refractivity contribution is 7.80. The van der Waals surface area contributed by atoms with Crippen LogP contribution in [0.15, 0.2) is 48.5 Å². The minimum atomic E-state index is -0.154. The number of nitrogens with one attached hydrogen (secondary N) is 3. The highest BCUT2D eigenvalue weighted by Gasteiger charge is 2.18. The molecule has 0 radical (unpaired) electrons. The Labute approximate surface area is 170 Å². The number of thiocarbonyl (C=S) groups is 1. The lowest BCUT2D eigenvalue weighted by Crippen LogP contribution is -2.34. The zero-order valence-corrected chi connectivity index (χ0v) is 16.8. The summed E-state index contributed by atoms with van der Waals surface area (Å²) in [6, 6.07) is 14.6. The summed E-state index contributed by atoms with van der Waals surface area (Å²) in [5.74, 6) is 0.296. The fraction of sp³-hybridized carbons (Fsp3) is 0.318. The number of rotatable bonds is 5. The third kappa shape index (κ3) is 5.89. The molecule has 146 valence electrons. The van der Waals surface area contributed by atoms with Gasteiger partial charge < -0.3 is 16.0 Å². The summed E-state index contributed by atoms with van der Waals surface area (Å²) in [6.45, 7) is 1.95. The van der Waals surface area contributed by atoms with Gasteiger partial charge in [0.2, 0.25) is 5.91 Å². The highest BCUT2D eigenvalue weighted by Crippen LogP contribution is 2.27. The van der Waals surface area contributed by atoms with Crippen LogP contribution in [0.25, 0.3) is 0 Å². The van der Waals surface area contributed by atoms with Gasteiger partial charge in [-0.1, -0.05) is 30.5 Å². The van der Waals surface area contributed by atoms with Gasteiger partial charge in [-0.2, -0.15) is 0 Å². The number of hydrogen-bond donors (Lipinski definition) is 3. The third-order valence-corrected chi connectivity index (χ3v) is 5.09. The van der Waals surface area contributed by atoms with E-state index < -0.39 is 0 Å². The summed E-state index contributed by atoms with van der Waals surface area (Å²) < 4.78 is 0. The number of carbonyl (C=O) groups excluding carboxylic acids is 2. The zero-order valence-electron chi connectivity index (χ0n) is 16.0. The summed E-state index contributed by atoms with van der Waals surface area (Å²) in [5, 5.41) is 8.91. The highest BCUT2D eigenvalue weighted by atomic mass is 32.1. The Hall–Kier alpha value is -2.73. The molecule has 1 aliphatic carbocycles. The molecule has 0 aliphatic heterocycles. The number of benzene rings is 2. The Morgan fingerprint density at radius 2 is 1.64 bits per heavy atom. The van der Waals surface area contributed by atoms with E-state index in [9.17, 15) is 9.59 Å². The lowest BCUT2D eigenvalue weighted by atomic mass is 10.0. The first-order chi connectivity index (χ1) is 13.5. The molecule has 0 atom stereocenters. The van der Waals surface area contributed by atoms with Crippen LogP contribution in [0.5, 0.6) is 0 Å². The van der Waals surface area contributed by atoms with E-state index in [4.69, 9.17) is 12.2 Å². The van der Waals surface area contributed by atoms with Crippen LogP contribution in [0.1, 0.15) is 48.0 Å². The number of aryl methyl sites for hydroxylation is 1. The van der Waals surface area contributed by atoms with Crippen molar-refractivity contribution in [3.8, 4) is 0 Å². The molecule has 5 nitrogen and oxygen atoms in total. The topological polar surface area (TPSA) is 70.2 Å². The SMILES string of the molecule is Cc1cccc(C(=O)Nc2ccc(NC(=S)NC(=O)CC3CCCC3)cc2)c1. The first-order valence-corrected chi connectivity index (χ1v) is 9.99. The lowest BCUT2D eigenvalue weighted by Gasteiger charge is -2.12. The van der Waals surface area contributed by atoms with Crippen LogP contribution < -0.4 is 16.0 Å². The molecule has 0 bridgehead atoms. The smallest absolute Gasteiger partial charge is 0.255 e. The Kier molecular flexibility index (Phi) is 6.76. The van der Waals surface area contributed by atoms with Crippen LogP contribution in [0, 0.1) is 12.8 Å². The lowest BCUT2D eigenvalue weighted by molar-refractivity contribution is -0.120. The van der Waals surface area contributed by atoms with E-state index in [1.807, 2.05) is 25.1 Å². The standard InChI is InChI=1S/C22H25N3O2S/c1-15-5-4-8-17(13-15)21(27)23-18-9-11-19(12-10-18)24-22(28)25-20(26)14-16-6-2-3-7-16/h4-5,8-13,16H,2-3,6-7,14H2,1H3,(H,23,27)(H2,24,25,26,28). The minimum Gasteiger partial charge on any atom is -0.332 e. The van der Waals surface area contributed by atoms with Gasteiger partial charge in [0, 0.05) is 23.4 Å². The van der Waals surface area contributed by atoms with Crippen molar-refractivity contribution in [1.29, 1.82) is 0 Å². The van der Waals surface area contributed by atoms with E-state index in [0.29, 0.717) is 28.7 Å². The minimum absolute atomic E-state index is 0.0357. The molecular formula is C22H25N3O2S. The second-order valence-corrected chi connectivity index (χ2v) is 7.67. The summed E-state index contributed by atoms with van der Waals surface area (Å²) in [6.07, 6.45) is 5.22. The molecule has 3 rings (SSSR count). The molecule has 0 spiro atoms. The molecule has 0 aromatic heterocycles. The van der Waals surface area contributed by atoms with E-state index in [1.54, 1.807) is 30.3 Å². The molecule has 0 heterocycles. The summed E-state index contributed by atoms with van der Waals surface area (Å²) in [4.78, 5) is 24.3. The van der Waals surface area contributed by atoms with Crippen molar-refractivity contribution in [3.63, 3.8) is 0 Å². The number of anilines is 2. The van der Waals surface area contributed by atoms with Gasteiger partial charge in [-0.3, -0.25) is 9.59 Å². The van der Waals surface area contributed by atoms with Gasteiger partial charge in [0.25, 0.3) is 5.91 Å². The fourth-order valence-corrected chi connectivity index (χ4v) is 3.67. The van der Waals surface area contributed by atoms with E-state index in [1.165, 1.54) is 12.8 Å². The van der Waals surface area contributed by atoms with Crippen molar-refractivity contribution in [2.45, 2.75) is 39.0 Å². The largest absolute Gasteiger partial charge is 0.332 e. The molecule has 6 heteroatoms. The van der Waals surface area contributed by atoms with Gasteiger partial charge in [-0.05, 0) is 74.3 Å². The Bertz CT molecular complexity index is 858. The van der Waals surface area contributed by atoms with Crippen LogP contribution >= 0.6 is 12.2 Å². The number of carbonyl (C=O) groups is 2. The molecule has 2 amide bonds. The Morgan fingerprint density at radius 1 is 1.00 bits per heavy atom. The van der Waals surface area contributed by atoms with Crippen LogP contribution in [0.3, 0.4) is 0 Å². The molecule has 1 saturated carbocycles. The summed E-state index contributed by atoms with van der Waals surface area (Å²) in [5.41, 5.74) is 3.09. The van der Waals surface area contributed by atoms with Crippen molar-refractivity contribution in [1.82, 2.24) is 5.32 Å². The second-order valence-electron chi connectivity index (χ2n) is 7.26. The second kappa shape index (κ2) is 9.46. The molecule has 0 saturated heterocycles. The maximum Gasteiger partial charge on any atom is 0.255 e. The first kappa shape index (κ1) is 20.0. The van der Waals surface area contributed by atoms with Gasteiger partial charge in [-0.25, -0.2) is 0 Å². The van der Waals surface area contributed by atoms with Gasteiger partial charge in [0.05, 0.1) is 0 Å². The Morgan fingerprint density at radius 3 is 2.29 bits per heavy atom. The van der Waals surface area contributed by atoms with E-state index in [-0.39, 0.29) is 11.8 Å². The molecule has 28 heavy (non-hydrogen) atoms. The van der Waals surface area contributed by atoms with Crippen molar-refractivity contribution in [3.05, 3.63) is 59.7 Å². The third-order valence-electron chi connectivity index (χ3n) is 4.88. The average molecular weight is 396 g/mol. The molecule has 3 N–H and O–H groups in total. The first-order valence-electron chi connectivity index (χ1n) is 9.58. The monoisotopic (exact) mass is 395 g/mol. The van der Waals surface area contributed by atoms with Crippen molar-refractivity contribution < 1.29 is 9.59 Å². The van der Waals surface area contributed by atoms with Crippen molar-refractivity contribution in [2.24, 2.45) is 5.92 Å².